The van der Waals surface area contributed by atoms with Crippen molar-refractivity contribution >= 4 is 46.4 Å². The average Bonchev–Trinajstić information content (AvgIpc) is 3.25. The van der Waals surface area contributed by atoms with Crippen molar-refractivity contribution in [1.82, 2.24) is 0 Å². The number of ether oxygens (including phenoxy) is 1. The number of nitrogens with one attached hydrogen (secondary N) is 2. The molecular weight excluding hydrogens is 472 g/mol. The number of anilines is 2. The third-order valence-corrected chi connectivity index (χ3v) is 4.68. The number of benzene rings is 2. The fourth-order valence-corrected chi connectivity index (χ4v) is 3.07. The topological polar surface area (TPSA) is 80.6 Å². The van der Waals surface area contributed by atoms with Crippen molar-refractivity contribution in [3.8, 4) is 5.75 Å². The van der Waals surface area contributed by atoms with Crippen LogP contribution in [0.4, 0.5) is 24.5 Å². The number of carbonyl (C=O) groups excluding carboxylic acids is 2. The molecule has 32 heavy (non-hydrogen) atoms. The first-order chi connectivity index (χ1) is 15.0. The Morgan fingerprint density at radius 1 is 1.06 bits per heavy atom. The summed E-state index contributed by atoms with van der Waals surface area (Å²) in [5.41, 5.74) is -1.79. The van der Waals surface area contributed by atoms with Gasteiger partial charge >= 0.3 is 6.18 Å². The molecule has 1 atom stereocenters. The lowest BCUT2D eigenvalue weighted by Crippen LogP contribution is -2.31. The lowest BCUT2D eigenvalue weighted by Gasteiger charge is -2.19. The minimum Gasteiger partial charge on any atom is -0.479 e. The molecule has 3 rings (SSSR count). The zero-order valence-electron chi connectivity index (χ0n) is 16.3. The minimum absolute atomic E-state index is 0.0669. The normalized spacial score (nSPS) is 12.2. The molecule has 2 aromatic carbocycles. The van der Waals surface area contributed by atoms with Crippen LogP contribution in [0.2, 0.25) is 10.0 Å². The zero-order valence-corrected chi connectivity index (χ0v) is 17.8. The largest absolute Gasteiger partial charge is 0.479 e. The number of amides is 2. The summed E-state index contributed by atoms with van der Waals surface area (Å²) in [6.07, 6.45) is -4.72. The SMILES string of the molecule is CC(Oc1ccc(Cl)cc1Cl)C(=O)Nc1ccc(NC(=O)c2ccco2)cc1C(F)(F)F. The maximum absolute atomic E-state index is 13.6. The average molecular weight is 487 g/mol. The highest BCUT2D eigenvalue weighted by Gasteiger charge is 2.35. The molecule has 0 aliphatic heterocycles. The van der Waals surface area contributed by atoms with Crippen molar-refractivity contribution in [2.75, 3.05) is 10.6 Å². The van der Waals surface area contributed by atoms with Crippen LogP contribution in [0.1, 0.15) is 23.0 Å². The number of furan rings is 1. The van der Waals surface area contributed by atoms with Crippen LogP contribution in [0.15, 0.2) is 59.2 Å². The molecule has 0 saturated carbocycles. The summed E-state index contributed by atoms with van der Waals surface area (Å²) >= 11 is 11.8. The molecule has 2 N–H and O–H groups in total. The monoisotopic (exact) mass is 486 g/mol. The summed E-state index contributed by atoms with van der Waals surface area (Å²) in [6, 6.07) is 10.1. The van der Waals surface area contributed by atoms with Crippen LogP contribution < -0.4 is 15.4 Å². The van der Waals surface area contributed by atoms with Gasteiger partial charge in [0, 0.05) is 10.7 Å². The maximum Gasteiger partial charge on any atom is 0.418 e. The minimum atomic E-state index is -4.81. The summed E-state index contributed by atoms with van der Waals surface area (Å²) in [5, 5.41) is 5.00. The molecule has 1 aromatic heterocycles. The Balaban J connectivity index is 1.77. The van der Waals surface area contributed by atoms with Gasteiger partial charge < -0.3 is 19.8 Å². The Hall–Kier alpha value is -3.17. The molecule has 6 nitrogen and oxygen atoms in total. The Morgan fingerprint density at radius 2 is 1.81 bits per heavy atom. The van der Waals surface area contributed by atoms with Crippen LogP contribution in [-0.2, 0) is 11.0 Å². The lowest BCUT2D eigenvalue weighted by molar-refractivity contribution is -0.137. The molecule has 0 bridgehead atoms. The van der Waals surface area contributed by atoms with Gasteiger partial charge in [0.2, 0.25) is 0 Å². The summed E-state index contributed by atoms with van der Waals surface area (Å²) in [4.78, 5) is 24.5. The molecule has 0 aliphatic carbocycles. The van der Waals surface area contributed by atoms with Gasteiger partial charge in [0.15, 0.2) is 11.9 Å². The van der Waals surface area contributed by atoms with E-state index in [4.69, 9.17) is 32.4 Å². The van der Waals surface area contributed by atoms with Crippen LogP contribution in [0.25, 0.3) is 0 Å². The van der Waals surface area contributed by atoms with Crippen molar-refractivity contribution in [3.63, 3.8) is 0 Å². The van der Waals surface area contributed by atoms with Gasteiger partial charge in [-0.25, -0.2) is 0 Å². The highest BCUT2D eigenvalue weighted by atomic mass is 35.5. The fourth-order valence-electron chi connectivity index (χ4n) is 2.62. The second kappa shape index (κ2) is 9.54. The Kier molecular flexibility index (Phi) is 7.00. The van der Waals surface area contributed by atoms with Crippen LogP contribution in [-0.4, -0.2) is 17.9 Å². The molecule has 0 fully saturated rings. The van der Waals surface area contributed by atoms with Crippen LogP contribution >= 0.6 is 23.2 Å². The molecule has 0 spiro atoms. The van der Waals surface area contributed by atoms with E-state index in [1.807, 2.05) is 0 Å². The maximum atomic E-state index is 13.6. The molecule has 0 aliphatic rings. The van der Waals surface area contributed by atoms with Crippen LogP contribution in [0.5, 0.6) is 5.75 Å². The van der Waals surface area contributed by atoms with Crippen molar-refractivity contribution in [2.45, 2.75) is 19.2 Å². The van der Waals surface area contributed by atoms with Gasteiger partial charge in [0.25, 0.3) is 11.8 Å². The van der Waals surface area contributed by atoms with Crippen LogP contribution in [0.3, 0.4) is 0 Å². The van der Waals surface area contributed by atoms with E-state index in [0.717, 1.165) is 6.07 Å². The van der Waals surface area contributed by atoms with Gasteiger partial charge in [-0.3, -0.25) is 9.59 Å². The van der Waals surface area contributed by atoms with Crippen molar-refractivity contribution in [1.29, 1.82) is 0 Å². The van der Waals surface area contributed by atoms with Gasteiger partial charge in [-0.1, -0.05) is 23.2 Å². The summed E-state index contributed by atoms with van der Waals surface area (Å²) in [6.45, 7) is 1.35. The first-order valence-electron chi connectivity index (χ1n) is 9.03. The van der Waals surface area contributed by atoms with Crippen molar-refractivity contribution < 1.29 is 31.9 Å². The van der Waals surface area contributed by atoms with E-state index in [1.54, 1.807) is 0 Å². The van der Waals surface area contributed by atoms with E-state index >= 15 is 0 Å². The van der Waals surface area contributed by atoms with E-state index < -0.39 is 35.3 Å². The molecule has 168 valence electrons. The number of rotatable bonds is 6. The molecule has 1 unspecified atom stereocenters. The Morgan fingerprint density at radius 3 is 2.44 bits per heavy atom. The predicted octanol–water partition coefficient (Wildman–Crippen LogP) is 6.26. The molecule has 11 heteroatoms. The highest BCUT2D eigenvalue weighted by molar-refractivity contribution is 6.35. The van der Waals surface area contributed by atoms with Gasteiger partial charge in [-0.15, -0.1) is 0 Å². The third kappa shape index (κ3) is 5.74. The molecule has 0 saturated heterocycles. The van der Waals surface area contributed by atoms with E-state index in [2.05, 4.69) is 10.6 Å². The number of hydrogen-bond acceptors (Lipinski definition) is 4. The second-order valence-electron chi connectivity index (χ2n) is 6.51. The van der Waals surface area contributed by atoms with Crippen molar-refractivity contribution in [2.24, 2.45) is 0 Å². The number of carbonyl (C=O) groups is 2. The summed E-state index contributed by atoms with van der Waals surface area (Å²) < 4.78 is 51.1. The highest BCUT2D eigenvalue weighted by Crippen LogP contribution is 2.37. The van der Waals surface area contributed by atoms with Gasteiger partial charge in [0.05, 0.1) is 22.5 Å². The summed E-state index contributed by atoms with van der Waals surface area (Å²) in [5.74, 6) is -1.48. The van der Waals surface area contributed by atoms with Gasteiger partial charge in [-0.2, -0.15) is 13.2 Å². The first kappa shape index (κ1) is 23.5. The first-order valence-corrected chi connectivity index (χ1v) is 9.79. The Labute approximate surface area is 190 Å². The molecule has 2 amide bonds. The molecular formula is C21H15Cl2F3N2O4. The standard InChI is InChI=1S/C21H15Cl2F3N2O4/c1-11(32-17-7-4-12(22)9-15(17)23)19(29)28-16-6-5-13(10-14(16)21(24,25)26)27-20(30)18-3-2-8-31-18/h2-11H,1H3,(H,27,30)(H,28,29). The van der Waals surface area contributed by atoms with Crippen molar-refractivity contribution in [3.05, 3.63) is 76.2 Å². The number of hydrogen-bond donors (Lipinski definition) is 2. The fraction of sp³-hybridized carbons (Fsp3) is 0.143. The lowest BCUT2D eigenvalue weighted by atomic mass is 10.1. The smallest absolute Gasteiger partial charge is 0.418 e. The molecule has 3 aromatic rings. The quantitative estimate of drug-likeness (QED) is 0.430. The van der Waals surface area contributed by atoms with Gasteiger partial charge in [-0.05, 0) is 55.5 Å². The number of halogens is 5. The van der Waals surface area contributed by atoms with Crippen LogP contribution in [0, 0.1) is 0 Å². The predicted molar refractivity (Wildman–Crippen MR) is 113 cm³/mol. The molecule has 0 radical (unpaired) electrons. The zero-order chi connectivity index (χ0) is 23.5. The van der Waals surface area contributed by atoms with E-state index in [1.165, 1.54) is 49.6 Å². The van der Waals surface area contributed by atoms with E-state index in [0.29, 0.717) is 11.1 Å². The Bertz CT molecular complexity index is 1130. The third-order valence-electron chi connectivity index (χ3n) is 4.15. The van der Waals surface area contributed by atoms with Gasteiger partial charge in [0.1, 0.15) is 5.75 Å². The van der Waals surface area contributed by atoms with E-state index in [9.17, 15) is 22.8 Å². The molecule has 1 heterocycles. The van der Waals surface area contributed by atoms with E-state index in [-0.39, 0.29) is 22.2 Å². The second-order valence-corrected chi connectivity index (χ2v) is 7.36. The number of alkyl halides is 3. The summed E-state index contributed by atoms with van der Waals surface area (Å²) in [7, 11) is 0.